The molecule has 1 N–H and O–H groups in total. The minimum absolute atomic E-state index is 0.323. The van der Waals surface area contributed by atoms with Gasteiger partial charge in [-0.1, -0.05) is 18.0 Å². The first-order valence-corrected chi connectivity index (χ1v) is 8.69. The van der Waals surface area contributed by atoms with E-state index in [-0.39, 0.29) is 0 Å². The summed E-state index contributed by atoms with van der Waals surface area (Å²) >= 11 is 0. The number of likely N-dealkylation sites (tertiary alicyclic amines) is 1. The summed E-state index contributed by atoms with van der Waals surface area (Å²) in [5.41, 5.74) is 0.550. The number of hydrogen-bond donors (Lipinski definition) is 1. The summed E-state index contributed by atoms with van der Waals surface area (Å²) in [7, 11) is 0. The van der Waals surface area contributed by atoms with Crippen molar-refractivity contribution in [3.05, 3.63) is 28.9 Å². The van der Waals surface area contributed by atoms with Crippen LogP contribution in [0.4, 0.5) is 0 Å². The molecular formula is C17H24N4O3. The maximum Gasteiger partial charge on any atom is 0.439 e. The molecule has 0 spiro atoms. The quantitative estimate of drug-likeness (QED) is 0.784. The number of nitrogens with one attached hydrogen (secondary N) is 1. The number of aromatic amines is 1. The smallest absolute Gasteiger partial charge is 0.439 e. The molecule has 0 unspecified atom stereocenters. The molecule has 1 aliphatic heterocycles. The van der Waals surface area contributed by atoms with E-state index in [0.717, 1.165) is 18.6 Å². The van der Waals surface area contributed by atoms with Gasteiger partial charge >= 0.3 is 5.76 Å². The fourth-order valence-electron chi connectivity index (χ4n) is 2.93. The second kappa shape index (κ2) is 8.63. The molecule has 1 fully saturated rings. The Morgan fingerprint density at radius 3 is 2.67 bits per heavy atom. The van der Waals surface area contributed by atoms with Crippen LogP contribution in [0.2, 0.25) is 0 Å². The topological polar surface area (TPSA) is 84.3 Å². The van der Waals surface area contributed by atoms with Gasteiger partial charge in [-0.2, -0.15) is 0 Å². The minimum Gasteiger partial charge on any atom is -0.492 e. The summed E-state index contributed by atoms with van der Waals surface area (Å²) < 4.78 is 10.2. The predicted molar refractivity (Wildman–Crippen MR) is 90.0 cm³/mol. The molecule has 7 heteroatoms. The van der Waals surface area contributed by atoms with Gasteiger partial charge in [-0.05, 0) is 57.5 Å². The van der Waals surface area contributed by atoms with Crippen molar-refractivity contribution in [3.63, 3.8) is 0 Å². The van der Waals surface area contributed by atoms with E-state index in [0.29, 0.717) is 18.1 Å². The first-order valence-electron chi connectivity index (χ1n) is 8.69. The van der Waals surface area contributed by atoms with Gasteiger partial charge in [0.25, 0.3) is 0 Å². The van der Waals surface area contributed by atoms with Crippen LogP contribution in [-0.4, -0.2) is 46.3 Å². The lowest BCUT2D eigenvalue weighted by Crippen LogP contribution is -2.25. The lowest BCUT2D eigenvalue weighted by Gasteiger charge is -2.19. The molecule has 0 saturated carbocycles. The Balaban J connectivity index is 1.36. The second-order valence-electron chi connectivity index (χ2n) is 6.13. The van der Waals surface area contributed by atoms with Gasteiger partial charge in [0.1, 0.15) is 11.4 Å². The highest BCUT2D eigenvalue weighted by atomic mass is 16.5. The third kappa shape index (κ3) is 4.92. The van der Waals surface area contributed by atoms with Crippen LogP contribution in [0.15, 0.2) is 27.6 Å². The van der Waals surface area contributed by atoms with Crippen molar-refractivity contribution in [3.8, 4) is 17.3 Å². The lowest BCUT2D eigenvalue weighted by atomic mass is 10.2. The van der Waals surface area contributed by atoms with E-state index in [9.17, 15) is 4.79 Å². The zero-order valence-electron chi connectivity index (χ0n) is 13.9. The first-order chi connectivity index (χ1) is 11.8. The Hall–Kier alpha value is -2.15. The lowest BCUT2D eigenvalue weighted by molar-refractivity contribution is 0.256. The predicted octanol–water partition coefficient (Wildman–Crippen LogP) is 2.46. The van der Waals surface area contributed by atoms with Crippen molar-refractivity contribution in [1.29, 1.82) is 0 Å². The fourth-order valence-corrected chi connectivity index (χ4v) is 2.93. The van der Waals surface area contributed by atoms with Crippen LogP contribution in [0, 0.1) is 0 Å². The third-order valence-corrected chi connectivity index (χ3v) is 4.26. The van der Waals surface area contributed by atoms with Crippen LogP contribution >= 0.6 is 0 Å². The molecule has 1 aliphatic rings. The number of nitrogens with zero attached hydrogens (tertiary/aromatic N) is 3. The van der Waals surface area contributed by atoms with Gasteiger partial charge in [0.2, 0.25) is 5.82 Å². The standard InChI is InChI=1S/C17H24N4O3/c22-17-19-16(20-24-17)15-8-7-14(13-18-15)23-12-6-5-11-21-9-3-1-2-4-10-21/h7-8,13H,1-6,9-12H2,(H,19,20,22). The Morgan fingerprint density at radius 2 is 2.00 bits per heavy atom. The van der Waals surface area contributed by atoms with Crippen molar-refractivity contribution in [2.24, 2.45) is 0 Å². The average Bonchev–Trinajstić information content (AvgIpc) is 2.87. The Bertz CT molecular complexity index is 657. The monoisotopic (exact) mass is 332 g/mol. The molecule has 3 heterocycles. The fraction of sp³-hybridized carbons (Fsp3) is 0.588. The van der Waals surface area contributed by atoms with E-state index in [1.807, 2.05) is 6.07 Å². The number of H-pyrrole nitrogens is 1. The molecule has 0 aromatic carbocycles. The molecular weight excluding hydrogens is 308 g/mol. The molecule has 7 nitrogen and oxygen atoms in total. The number of hydrogen-bond acceptors (Lipinski definition) is 6. The summed E-state index contributed by atoms with van der Waals surface area (Å²) in [5, 5.41) is 3.60. The van der Waals surface area contributed by atoms with Gasteiger partial charge in [0.15, 0.2) is 0 Å². The zero-order chi connectivity index (χ0) is 16.6. The van der Waals surface area contributed by atoms with Crippen molar-refractivity contribution >= 4 is 0 Å². The molecule has 2 aromatic heterocycles. The van der Waals surface area contributed by atoms with E-state index in [2.05, 4.69) is 24.5 Å². The van der Waals surface area contributed by atoms with E-state index in [4.69, 9.17) is 4.74 Å². The van der Waals surface area contributed by atoms with Gasteiger partial charge in [0, 0.05) is 0 Å². The summed E-state index contributed by atoms with van der Waals surface area (Å²) in [6.07, 6.45) is 9.27. The first kappa shape index (κ1) is 16.7. The summed E-state index contributed by atoms with van der Waals surface area (Å²) in [5.74, 6) is 0.458. The van der Waals surface area contributed by atoms with Crippen LogP contribution < -0.4 is 10.5 Å². The van der Waals surface area contributed by atoms with Crippen molar-refractivity contribution in [2.45, 2.75) is 38.5 Å². The third-order valence-electron chi connectivity index (χ3n) is 4.26. The highest BCUT2D eigenvalue weighted by Crippen LogP contribution is 2.15. The molecule has 0 atom stereocenters. The van der Waals surface area contributed by atoms with E-state index < -0.39 is 5.76 Å². The number of aromatic nitrogens is 3. The molecule has 0 bridgehead atoms. The Kier molecular flexibility index (Phi) is 6.01. The molecule has 0 amide bonds. The molecule has 0 radical (unpaired) electrons. The van der Waals surface area contributed by atoms with E-state index >= 15 is 0 Å². The Morgan fingerprint density at radius 1 is 1.17 bits per heavy atom. The minimum atomic E-state index is -0.587. The maximum absolute atomic E-state index is 10.9. The van der Waals surface area contributed by atoms with Crippen LogP contribution in [0.3, 0.4) is 0 Å². The van der Waals surface area contributed by atoms with Gasteiger partial charge in [0.05, 0.1) is 12.8 Å². The van der Waals surface area contributed by atoms with E-state index in [1.54, 1.807) is 12.3 Å². The number of rotatable bonds is 7. The molecule has 24 heavy (non-hydrogen) atoms. The van der Waals surface area contributed by atoms with E-state index in [1.165, 1.54) is 45.3 Å². The van der Waals surface area contributed by atoms with Gasteiger partial charge in [-0.25, -0.2) is 9.78 Å². The zero-order valence-corrected chi connectivity index (χ0v) is 13.9. The normalized spacial score (nSPS) is 16.0. The maximum atomic E-state index is 10.9. The Labute approximate surface area is 141 Å². The summed E-state index contributed by atoms with van der Waals surface area (Å²) in [6, 6.07) is 3.57. The van der Waals surface area contributed by atoms with Crippen molar-refractivity contribution < 1.29 is 9.26 Å². The van der Waals surface area contributed by atoms with Crippen molar-refractivity contribution in [1.82, 2.24) is 20.0 Å². The highest BCUT2D eigenvalue weighted by molar-refractivity contribution is 5.48. The molecule has 130 valence electrons. The van der Waals surface area contributed by atoms with Gasteiger partial charge in [-0.15, -0.1) is 0 Å². The highest BCUT2D eigenvalue weighted by Gasteiger charge is 2.08. The largest absolute Gasteiger partial charge is 0.492 e. The number of ether oxygens (including phenoxy) is 1. The summed E-state index contributed by atoms with van der Waals surface area (Å²) in [6.45, 7) is 4.35. The SMILES string of the molecule is O=c1[nH]c(-c2ccc(OCCCCN3CCCCCC3)cn2)no1. The molecule has 1 saturated heterocycles. The number of pyridine rings is 1. The van der Waals surface area contributed by atoms with Crippen LogP contribution in [0.1, 0.15) is 38.5 Å². The van der Waals surface area contributed by atoms with Crippen LogP contribution in [0.25, 0.3) is 11.5 Å². The molecule has 0 aliphatic carbocycles. The van der Waals surface area contributed by atoms with Crippen LogP contribution in [-0.2, 0) is 0 Å². The summed E-state index contributed by atoms with van der Waals surface area (Å²) in [4.78, 5) is 20.2. The molecule has 2 aromatic rings. The second-order valence-corrected chi connectivity index (χ2v) is 6.13. The van der Waals surface area contributed by atoms with Crippen LogP contribution in [0.5, 0.6) is 5.75 Å². The number of unbranched alkanes of at least 4 members (excludes halogenated alkanes) is 1. The van der Waals surface area contributed by atoms with Gasteiger partial charge in [-0.3, -0.25) is 9.51 Å². The van der Waals surface area contributed by atoms with Crippen molar-refractivity contribution in [2.75, 3.05) is 26.2 Å². The molecule has 3 rings (SSSR count). The average molecular weight is 332 g/mol. The van der Waals surface area contributed by atoms with Gasteiger partial charge < -0.3 is 9.64 Å².